The molecule has 0 bridgehead atoms. The monoisotopic (exact) mass is 293 g/mol. The minimum Gasteiger partial charge on any atom is -0.260 e. The highest BCUT2D eigenvalue weighted by Crippen LogP contribution is 2.15. The van der Waals surface area contributed by atoms with Crippen LogP contribution < -0.4 is 0 Å². The molecule has 0 aromatic carbocycles. The molecule has 1 heterocycles. The molecular formula is C9H13Br2N. The van der Waals surface area contributed by atoms with Crippen molar-refractivity contribution in [3.63, 3.8) is 0 Å². The normalized spacial score (nSPS) is 8.75. The van der Waals surface area contributed by atoms with Crippen LogP contribution in [0.15, 0.2) is 16.7 Å². The van der Waals surface area contributed by atoms with Gasteiger partial charge in [-0.05, 0) is 34.5 Å². The predicted octanol–water partition coefficient (Wildman–Crippen LogP) is 4.07. The van der Waals surface area contributed by atoms with E-state index in [0.29, 0.717) is 0 Å². The van der Waals surface area contributed by atoms with Crippen molar-refractivity contribution in [1.29, 1.82) is 0 Å². The van der Waals surface area contributed by atoms with E-state index in [2.05, 4.69) is 42.9 Å². The summed E-state index contributed by atoms with van der Waals surface area (Å²) in [6.45, 7) is 6.00. The van der Waals surface area contributed by atoms with Crippen LogP contribution in [0.3, 0.4) is 0 Å². The van der Waals surface area contributed by atoms with Crippen LogP contribution in [0.2, 0.25) is 0 Å². The number of pyridine rings is 1. The Balaban J connectivity index is 0.000000561. The summed E-state index contributed by atoms with van der Waals surface area (Å²) in [4.78, 5) is 4.17. The predicted molar refractivity (Wildman–Crippen MR) is 60.7 cm³/mol. The quantitative estimate of drug-likeness (QED) is 0.712. The van der Waals surface area contributed by atoms with Crippen molar-refractivity contribution < 1.29 is 0 Å². The second-order valence-electron chi connectivity index (χ2n) is 2.03. The Hall–Kier alpha value is 0.110. The number of rotatable bonds is 1. The lowest BCUT2D eigenvalue weighted by Crippen LogP contribution is -1.87. The first kappa shape index (κ1) is 12.1. The summed E-state index contributed by atoms with van der Waals surface area (Å²) < 4.78 is 1.03. The molecule has 0 aliphatic heterocycles. The SMILES string of the molecule is CC.Cc1ncc(Br)cc1CBr. The van der Waals surface area contributed by atoms with Gasteiger partial charge in [-0.2, -0.15) is 0 Å². The molecule has 68 valence electrons. The molecule has 0 aliphatic rings. The van der Waals surface area contributed by atoms with Crippen LogP contribution in [0.1, 0.15) is 25.1 Å². The molecule has 0 radical (unpaired) electrons. The molecule has 0 unspecified atom stereocenters. The summed E-state index contributed by atoms with van der Waals surface area (Å²) in [6.07, 6.45) is 1.81. The van der Waals surface area contributed by atoms with E-state index in [-0.39, 0.29) is 0 Å². The maximum atomic E-state index is 4.17. The zero-order valence-electron chi connectivity index (χ0n) is 7.56. The summed E-state index contributed by atoms with van der Waals surface area (Å²) in [7, 11) is 0. The number of aryl methyl sites for hydroxylation is 1. The van der Waals surface area contributed by atoms with Gasteiger partial charge in [-0.1, -0.05) is 29.8 Å². The van der Waals surface area contributed by atoms with Crippen molar-refractivity contribution in [2.45, 2.75) is 26.1 Å². The van der Waals surface area contributed by atoms with E-state index >= 15 is 0 Å². The van der Waals surface area contributed by atoms with E-state index in [1.54, 1.807) is 0 Å². The van der Waals surface area contributed by atoms with Gasteiger partial charge >= 0.3 is 0 Å². The van der Waals surface area contributed by atoms with Crippen molar-refractivity contribution in [2.75, 3.05) is 0 Å². The van der Waals surface area contributed by atoms with Crippen LogP contribution >= 0.6 is 31.9 Å². The van der Waals surface area contributed by atoms with E-state index in [1.807, 2.05) is 27.0 Å². The lowest BCUT2D eigenvalue weighted by molar-refractivity contribution is 1.13. The minimum absolute atomic E-state index is 0.866. The first-order valence-electron chi connectivity index (χ1n) is 3.91. The maximum Gasteiger partial charge on any atom is 0.0413 e. The molecule has 3 heteroatoms. The Morgan fingerprint density at radius 3 is 2.42 bits per heavy atom. The van der Waals surface area contributed by atoms with E-state index in [1.165, 1.54) is 5.56 Å². The van der Waals surface area contributed by atoms with Crippen molar-refractivity contribution >= 4 is 31.9 Å². The number of halogens is 2. The van der Waals surface area contributed by atoms with Crippen LogP contribution in [-0.4, -0.2) is 4.98 Å². The molecule has 0 saturated carbocycles. The number of hydrogen-bond donors (Lipinski definition) is 0. The topological polar surface area (TPSA) is 12.9 Å². The number of aromatic nitrogens is 1. The van der Waals surface area contributed by atoms with Gasteiger partial charge in [0.05, 0.1) is 0 Å². The van der Waals surface area contributed by atoms with Gasteiger partial charge in [-0.25, -0.2) is 0 Å². The van der Waals surface area contributed by atoms with Gasteiger partial charge in [0.15, 0.2) is 0 Å². The van der Waals surface area contributed by atoms with Gasteiger partial charge in [0.1, 0.15) is 0 Å². The second kappa shape index (κ2) is 6.61. The lowest BCUT2D eigenvalue weighted by Gasteiger charge is -1.99. The first-order chi connectivity index (χ1) is 5.74. The Morgan fingerprint density at radius 1 is 1.42 bits per heavy atom. The first-order valence-corrected chi connectivity index (χ1v) is 5.82. The molecule has 1 aromatic heterocycles. The molecule has 0 fully saturated rings. The average Bonchev–Trinajstić information content (AvgIpc) is 2.13. The van der Waals surface area contributed by atoms with Crippen molar-refractivity contribution in [1.82, 2.24) is 4.98 Å². The molecule has 0 spiro atoms. The Morgan fingerprint density at radius 2 is 2.00 bits per heavy atom. The Kier molecular flexibility index (Phi) is 6.67. The van der Waals surface area contributed by atoms with E-state index in [9.17, 15) is 0 Å². The van der Waals surface area contributed by atoms with E-state index < -0.39 is 0 Å². The summed E-state index contributed by atoms with van der Waals surface area (Å²) in [6, 6.07) is 2.07. The smallest absolute Gasteiger partial charge is 0.0413 e. The van der Waals surface area contributed by atoms with Gasteiger partial charge in [-0.15, -0.1) is 0 Å². The molecule has 1 rings (SSSR count). The second-order valence-corrected chi connectivity index (χ2v) is 3.51. The maximum absolute atomic E-state index is 4.17. The van der Waals surface area contributed by atoms with Gasteiger partial charge in [-0.3, -0.25) is 4.98 Å². The Bertz CT molecular complexity index is 236. The van der Waals surface area contributed by atoms with Crippen LogP contribution in [0.5, 0.6) is 0 Å². The van der Waals surface area contributed by atoms with Gasteiger partial charge in [0, 0.05) is 21.7 Å². The van der Waals surface area contributed by atoms with Gasteiger partial charge in [0.25, 0.3) is 0 Å². The van der Waals surface area contributed by atoms with Crippen molar-refractivity contribution in [3.05, 3.63) is 28.0 Å². The van der Waals surface area contributed by atoms with Crippen molar-refractivity contribution in [3.8, 4) is 0 Å². The third kappa shape index (κ3) is 3.68. The van der Waals surface area contributed by atoms with Crippen molar-refractivity contribution in [2.24, 2.45) is 0 Å². The minimum atomic E-state index is 0.866. The number of nitrogens with zero attached hydrogens (tertiary/aromatic N) is 1. The molecule has 0 amide bonds. The molecule has 0 N–H and O–H groups in total. The van der Waals surface area contributed by atoms with Crippen LogP contribution in [0, 0.1) is 6.92 Å². The largest absolute Gasteiger partial charge is 0.260 e. The van der Waals surface area contributed by atoms with Gasteiger partial charge < -0.3 is 0 Å². The number of hydrogen-bond acceptors (Lipinski definition) is 1. The molecular weight excluding hydrogens is 282 g/mol. The van der Waals surface area contributed by atoms with Gasteiger partial charge in [0.2, 0.25) is 0 Å². The fourth-order valence-corrected chi connectivity index (χ4v) is 1.63. The number of alkyl halides is 1. The molecule has 12 heavy (non-hydrogen) atoms. The molecule has 1 nitrogen and oxygen atoms in total. The third-order valence-electron chi connectivity index (χ3n) is 1.30. The average molecular weight is 295 g/mol. The summed E-state index contributed by atoms with van der Waals surface area (Å²) in [5, 5.41) is 0.866. The Labute approximate surface area is 90.9 Å². The molecule has 0 aliphatic carbocycles. The van der Waals surface area contributed by atoms with E-state index in [0.717, 1.165) is 15.5 Å². The van der Waals surface area contributed by atoms with Crippen LogP contribution in [-0.2, 0) is 5.33 Å². The van der Waals surface area contributed by atoms with Crippen LogP contribution in [0.25, 0.3) is 0 Å². The fraction of sp³-hybridized carbons (Fsp3) is 0.444. The zero-order valence-corrected chi connectivity index (χ0v) is 10.7. The molecule has 1 aromatic rings. The summed E-state index contributed by atoms with van der Waals surface area (Å²) in [5.74, 6) is 0. The zero-order chi connectivity index (χ0) is 9.56. The highest BCUT2D eigenvalue weighted by molar-refractivity contribution is 9.10. The summed E-state index contributed by atoms with van der Waals surface area (Å²) in [5.41, 5.74) is 2.31. The highest BCUT2D eigenvalue weighted by atomic mass is 79.9. The third-order valence-corrected chi connectivity index (χ3v) is 2.34. The molecule has 0 saturated heterocycles. The standard InChI is InChI=1S/C7H7Br2N.C2H6/c1-5-6(3-8)2-7(9)4-10-5;1-2/h2,4H,3H2,1H3;1-2H3. The van der Waals surface area contributed by atoms with Crippen LogP contribution in [0.4, 0.5) is 0 Å². The summed E-state index contributed by atoms with van der Waals surface area (Å²) >= 11 is 6.74. The highest BCUT2D eigenvalue weighted by Gasteiger charge is 1.96. The van der Waals surface area contributed by atoms with E-state index in [4.69, 9.17) is 0 Å². The molecule has 0 atom stereocenters. The lowest BCUT2D eigenvalue weighted by atomic mass is 10.2. The fourth-order valence-electron chi connectivity index (χ4n) is 0.685.